The second-order valence-corrected chi connectivity index (χ2v) is 11.3. The van der Waals surface area contributed by atoms with E-state index in [-0.39, 0.29) is 24.2 Å². The SMILES string of the molecule is Cn1nc(OC(F)F)cc1Nc1nncn1C1CCc2sc(NC(=O)C3CC3F)c(C(=O)NCC3CC3)c2C1. The third-order valence-electron chi connectivity index (χ3n) is 7.27. The molecule has 0 spiro atoms. The monoisotopic (exact) mass is 564 g/mol. The molecule has 0 saturated heterocycles. The van der Waals surface area contributed by atoms with E-state index in [0.29, 0.717) is 47.6 Å². The molecule has 3 unspecified atom stereocenters. The summed E-state index contributed by atoms with van der Waals surface area (Å²) in [4.78, 5) is 26.9. The van der Waals surface area contributed by atoms with Gasteiger partial charge in [-0.2, -0.15) is 8.78 Å². The highest BCUT2D eigenvalue weighted by molar-refractivity contribution is 7.17. The lowest BCUT2D eigenvalue weighted by Gasteiger charge is -2.25. The Kier molecular flexibility index (Phi) is 6.69. The number of aromatic nitrogens is 5. The molecule has 39 heavy (non-hydrogen) atoms. The molecule has 0 radical (unpaired) electrons. The third kappa shape index (κ3) is 5.44. The molecule has 208 valence electrons. The first kappa shape index (κ1) is 25.6. The minimum Gasteiger partial charge on any atom is -0.415 e. The normalized spacial score (nSPS) is 21.9. The number of alkyl halides is 3. The molecule has 0 aromatic carbocycles. The molecule has 15 heteroatoms. The number of ether oxygens (including phenoxy) is 1. The predicted molar refractivity (Wildman–Crippen MR) is 135 cm³/mol. The van der Waals surface area contributed by atoms with Crippen molar-refractivity contribution in [2.75, 3.05) is 17.2 Å². The molecular formula is C24H27F3N8O3S. The molecule has 0 bridgehead atoms. The summed E-state index contributed by atoms with van der Waals surface area (Å²) in [6, 6.07) is 1.22. The van der Waals surface area contributed by atoms with Crippen LogP contribution in [0.15, 0.2) is 12.4 Å². The number of nitrogens with one attached hydrogen (secondary N) is 3. The van der Waals surface area contributed by atoms with Crippen molar-refractivity contribution in [2.24, 2.45) is 18.9 Å². The van der Waals surface area contributed by atoms with Crippen LogP contribution in [0.25, 0.3) is 0 Å². The Morgan fingerprint density at radius 3 is 2.79 bits per heavy atom. The highest BCUT2D eigenvalue weighted by Gasteiger charge is 2.44. The van der Waals surface area contributed by atoms with E-state index in [1.807, 2.05) is 4.57 Å². The first-order valence-electron chi connectivity index (χ1n) is 12.8. The molecule has 2 fully saturated rings. The number of halogens is 3. The molecule has 2 amide bonds. The van der Waals surface area contributed by atoms with Gasteiger partial charge in [0.25, 0.3) is 5.91 Å². The first-order valence-corrected chi connectivity index (χ1v) is 13.6. The summed E-state index contributed by atoms with van der Waals surface area (Å²) in [6.07, 6.45) is 4.69. The maximum absolute atomic E-state index is 13.5. The quantitative estimate of drug-likeness (QED) is 0.343. The van der Waals surface area contributed by atoms with E-state index in [4.69, 9.17) is 0 Å². The van der Waals surface area contributed by atoms with Gasteiger partial charge < -0.3 is 20.7 Å². The zero-order valence-electron chi connectivity index (χ0n) is 21.0. The van der Waals surface area contributed by atoms with Crippen molar-refractivity contribution in [2.45, 2.75) is 57.3 Å². The Bertz CT molecular complexity index is 1400. The molecule has 3 aromatic rings. The van der Waals surface area contributed by atoms with Gasteiger partial charge in [-0.15, -0.1) is 26.6 Å². The van der Waals surface area contributed by atoms with E-state index in [2.05, 4.69) is 36.0 Å². The number of rotatable bonds is 10. The number of fused-ring (bicyclic) bond motifs is 1. The summed E-state index contributed by atoms with van der Waals surface area (Å²) < 4.78 is 46.3. The maximum atomic E-state index is 13.5. The van der Waals surface area contributed by atoms with Gasteiger partial charge in [0.05, 0.1) is 11.5 Å². The van der Waals surface area contributed by atoms with Crippen LogP contribution in [0.1, 0.15) is 52.5 Å². The fourth-order valence-corrected chi connectivity index (χ4v) is 6.08. The predicted octanol–water partition coefficient (Wildman–Crippen LogP) is 3.58. The number of anilines is 3. The van der Waals surface area contributed by atoms with E-state index < -0.39 is 24.6 Å². The van der Waals surface area contributed by atoms with Crippen LogP contribution < -0.4 is 20.7 Å². The van der Waals surface area contributed by atoms with Crippen molar-refractivity contribution in [1.82, 2.24) is 29.9 Å². The highest BCUT2D eigenvalue weighted by atomic mass is 32.1. The van der Waals surface area contributed by atoms with E-state index in [0.717, 1.165) is 29.7 Å². The fraction of sp³-hybridized carbons (Fsp3) is 0.542. The molecule has 11 nitrogen and oxygen atoms in total. The van der Waals surface area contributed by atoms with Gasteiger partial charge in [-0.1, -0.05) is 0 Å². The van der Waals surface area contributed by atoms with E-state index in [1.165, 1.54) is 22.1 Å². The summed E-state index contributed by atoms with van der Waals surface area (Å²) in [5.41, 5.74) is 1.29. The Balaban J connectivity index is 1.24. The molecular weight excluding hydrogens is 537 g/mol. The molecule has 3 N–H and O–H groups in total. The Hall–Kier alpha value is -3.62. The van der Waals surface area contributed by atoms with Crippen molar-refractivity contribution in [3.05, 3.63) is 28.4 Å². The van der Waals surface area contributed by atoms with Gasteiger partial charge in [0.15, 0.2) is 0 Å². The number of amides is 2. The number of thiophene rings is 1. The third-order valence-corrected chi connectivity index (χ3v) is 8.48. The zero-order valence-corrected chi connectivity index (χ0v) is 21.8. The second kappa shape index (κ2) is 10.2. The van der Waals surface area contributed by atoms with E-state index >= 15 is 0 Å². The lowest BCUT2D eigenvalue weighted by Crippen LogP contribution is -2.29. The summed E-state index contributed by atoms with van der Waals surface area (Å²) in [5, 5.41) is 21.4. The minimum absolute atomic E-state index is 0.119. The van der Waals surface area contributed by atoms with Gasteiger partial charge in [0.1, 0.15) is 23.3 Å². The van der Waals surface area contributed by atoms with Gasteiger partial charge in [0, 0.05) is 30.6 Å². The van der Waals surface area contributed by atoms with Crippen LogP contribution in [-0.4, -0.2) is 55.7 Å². The van der Waals surface area contributed by atoms with Gasteiger partial charge in [-0.05, 0) is 50.0 Å². The Morgan fingerprint density at radius 2 is 2.08 bits per heavy atom. The van der Waals surface area contributed by atoms with E-state index in [9.17, 15) is 22.8 Å². The Morgan fingerprint density at radius 1 is 1.28 bits per heavy atom. The van der Waals surface area contributed by atoms with Crippen LogP contribution in [-0.2, 0) is 24.7 Å². The van der Waals surface area contributed by atoms with Crippen LogP contribution in [0, 0.1) is 11.8 Å². The summed E-state index contributed by atoms with van der Waals surface area (Å²) >= 11 is 1.37. The summed E-state index contributed by atoms with van der Waals surface area (Å²) in [7, 11) is 1.58. The number of hydrogen-bond donors (Lipinski definition) is 3. The van der Waals surface area contributed by atoms with Crippen LogP contribution in [0.4, 0.5) is 29.9 Å². The van der Waals surface area contributed by atoms with Crippen LogP contribution in [0.5, 0.6) is 5.88 Å². The molecule has 3 atom stereocenters. The van der Waals surface area contributed by atoms with Crippen molar-refractivity contribution in [1.29, 1.82) is 0 Å². The second-order valence-electron chi connectivity index (χ2n) is 10.2. The highest BCUT2D eigenvalue weighted by Crippen LogP contribution is 2.43. The largest absolute Gasteiger partial charge is 0.415 e. The molecule has 3 aromatic heterocycles. The van der Waals surface area contributed by atoms with Crippen LogP contribution >= 0.6 is 11.3 Å². The fourth-order valence-electron chi connectivity index (χ4n) is 4.84. The van der Waals surface area contributed by atoms with E-state index in [1.54, 1.807) is 13.4 Å². The number of carbonyl (C=O) groups is 2. The Labute approximate surface area is 225 Å². The van der Waals surface area contributed by atoms with Gasteiger partial charge in [-0.25, -0.2) is 9.07 Å². The molecule has 3 aliphatic rings. The maximum Gasteiger partial charge on any atom is 0.388 e. The minimum atomic E-state index is -2.99. The first-order chi connectivity index (χ1) is 18.8. The molecule has 0 aliphatic heterocycles. The van der Waals surface area contributed by atoms with Gasteiger partial charge in [0.2, 0.25) is 17.7 Å². The number of hydrogen-bond acceptors (Lipinski definition) is 8. The zero-order chi connectivity index (χ0) is 27.3. The van der Waals surface area contributed by atoms with Gasteiger partial charge >= 0.3 is 6.61 Å². The van der Waals surface area contributed by atoms with Crippen LogP contribution in [0.2, 0.25) is 0 Å². The van der Waals surface area contributed by atoms with Gasteiger partial charge in [-0.3, -0.25) is 14.2 Å². The summed E-state index contributed by atoms with van der Waals surface area (Å²) in [5.74, 6) is -0.300. The lowest BCUT2D eigenvalue weighted by molar-refractivity contribution is -0.117. The smallest absolute Gasteiger partial charge is 0.388 e. The van der Waals surface area contributed by atoms with Crippen molar-refractivity contribution in [3.63, 3.8) is 0 Å². The summed E-state index contributed by atoms with van der Waals surface area (Å²) in [6.45, 7) is -2.41. The molecule has 3 aliphatic carbocycles. The number of aryl methyl sites for hydroxylation is 2. The average molecular weight is 565 g/mol. The standard InChI is InChI=1S/C24H27F3N8O3S/c1-34-17(8-18(33-34)38-23(26)27)30-24-32-29-10-35(24)12-4-5-16-14(6-12)19(21(37)28-9-11-2-3-11)22(39-16)31-20(36)13-7-15(13)25/h8,10-13,15,23H,2-7,9H2,1H3,(H,28,37)(H,30,32)(H,31,36). The average Bonchev–Trinajstić information content (AvgIpc) is 3.73. The topological polar surface area (TPSA) is 128 Å². The van der Waals surface area contributed by atoms with Crippen molar-refractivity contribution >= 4 is 39.9 Å². The lowest BCUT2D eigenvalue weighted by atomic mass is 9.91. The molecule has 6 rings (SSSR count). The van der Waals surface area contributed by atoms with Crippen molar-refractivity contribution < 1.29 is 27.5 Å². The van der Waals surface area contributed by atoms with Crippen LogP contribution in [0.3, 0.4) is 0 Å². The molecule has 3 heterocycles. The molecule has 2 saturated carbocycles. The van der Waals surface area contributed by atoms with Crippen molar-refractivity contribution in [3.8, 4) is 5.88 Å². The number of carbonyl (C=O) groups excluding carboxylic acids is 2. The number of nitrogens with zero attached hydrogens (tertiary/aromatic N) is 5.